The Kier molecular flexibility index (Phi) is 6.22. The van der Waals surface area contributed by atoms with Crippen molar-refractivity contribution in [3.05, 3.63) is 35.6 Å². The Bertz CT molecular complexity index is 412. The van der Waals surface area contributed by atoms with Crippen LogP contribution in [0.25, 0.3) is 0 Å². The van der Waals surface area contributed by atoms with Crippen molar-refractivity contribution in [2.75, 3.05) is 0 Å². The average molecular weight is 291 g/mol. The predicted octanol–water partition coefficient (Wildman–Crippen LogP) is 5.47. The van der Waals surface area contributed by atoms with Crippen LogP contribution in [0.4, 0.5) is 4.39 Å². The summed E-state index contributed by atoms with van der Waals surface area (Å²) in [6.07, 6.45) is 7.95. The Hall–Kier alpha value is -0.890. The monoisotopic (exact) mass is 291 g/mol. The van der Waals surface area contributed by atoms with Gasteiger partial charge in [0.05, 0.1) is 0 Å². The minimum atomic E-state index is -0.151. The zero-order valence-corrected chi connectivity index (χ0v) is 13.7. The van der Waals surface area contributed by atoms with E-state index in [0.29, 0.717) is 18.0 Å². The Morgan fingerprint density at radius 1 is 1.10 bits per heavy atom. The van der Waals surface area contributed by atoms with Crippen molar-refractivity contribution in [2.24, 2.45) is 11.8 Å². The van der Waals surface area contributed by atoms with Gasteiger partial charge in [0.1, 0.15) is 5.82 Å². The molecule has 0 heterocycles. The van der Waals surface area contributed by atoms with Crippen molar-refractivity contribution >= 4 is 0 Å². The topological polar surface area (TPSA) is 12.0 Å². The van der Waals surface area contributed by atoms with E-state index < -0.39 is 0 Å². The second kappa shape index (κ2) is 7.93. The van der Waals surface area contributed by atoms with Gasteiger partial charge >= 0.3 is 0 Å². The maximum atomic E-state index is 13.1. The fraction of sp³-hybridized carbons (Fsp3) is 0.684. The fourth-order valence-corrected chi connectivity index (χ4v) is 3.55. The van der Waals surface area contributed by atoms with E-state index in [1.807, 2.05) is 12.1 Å². The molecule has 1 aromatic carbocycles. The standard InChI is InChI=1S/C19H30FN/c1-4-15-6-5-7-18(13-8-15)21-19(14(2)3)16-9-11-17(20)12-10-16/h9-12,14-15,18-19,21H,4-8,13H2,1-3H3. The molecule has 0 bridgehead atoms. The lowest BCUT2D eigenvalue weighted by atomic mass is 9.93. The van der Waals surface area contributed by atoms with E-state index in [1.54, 1.807) is 12.1 Å². The highest BCUT2D eigenvalue weighted by atomic mass is 19.1. The van der Waals surface area contributed by atoms with Crippen LogP contribution in [0.3, 0.4) is 0 Å². The second-order valence-electron chi connectivity index (χ2n) is 6.92. The van der Waals surface area contributed by atoms with Crippen LogP contribution in [-0.4, -0.2) is 6.04 Å². The van der Waals surface area contributed by atoms with Gasteiger partial charge in [-0.3, -0.25) is 0 Å². The third kappa shape index (κ3) is 4.81. The van der Waals surface area contributed by atoms with Gasteiger partial charge in [0, 0.05) is 12.1 Å². The summed E-state index contributed by atoms with van der Waals surface area (Å²) < 4.78 is 13.1. The minimum Gasteiger partial charge on any atom is -0.307 e. The molecule has 0 amide bonds. The van der Waals surface area contributed by atoms with Crippen molar-refractivity contribution in [3.8, 4) is 0 Å². The Labute approximate surface area is 129 Å². The number of hydrogen-bond donors (Lipinski definition) is 1. The first-order chi connectivity index (χ1) is 10.1. The minimum absolute atomic E-state index is 0.151. The van der Waals surface area contributed by atoms with Gasteiger partial charge < -0.3 is 5.32 Å². The Morgan fingerprint density at radius 2 is 1.81 bits per heavy atom. The lowest BCUT2D eigenvalue weighted by molar-refractivity contribution is 0.333. The summed E-state index contributed by atoms with van der Waals surface area (Å²) >= 11 is 0. The Balaban J connectivity index is 2.01. The van der Waals surface area contributed by atoms with Crippen LogP contribution in [0, 0.1) is 17.7 Å². The summed E-state index contributed by atoms with van der Waals surface area (Å²) in [6, 6.07) is 7.95. The highest BCUT2D eigenvalue weighted by Crippen LogP contribution is 2.29. The SMILES string of the molecule is CCC1CCCC(NC(c2ccc(F)cc2)C(C)C)CC1. The first-order valence-corrected chi connectivity index (χ1v) is 8.61. The molecule has 0 spiro atoms. The second-order valence-corrected chi connectivity index (χ2v) is 6.92. The first-order valence-electron chi connectivity index (χ1n) is 8.61. The molecule has 0 saturated heterocycles. The summed E-state index contributed by atoms with van der Waals surface area (Å²) in [5, 5.41) is 3.85. The molecule has 118 valence electrons. The molecular formula is C19H30FN. The molecule has 0 aliphatic heterocycles. The number of benzene rings is 1. The van der Waals surface area contributed by atoms with Crippen LogP contribution < -0.4 is 5.32 Å². The van der Waals surface area contributed by atoms with Crippen molar-refractivity contribution in [1.82, 2.24) is 5.32 Å². The third-order valence-corrected chi connectivity index (χ3v) is 4.98. The molecule has 0 aromatic heterocycles. The van der Waals surface area contributed by atoms with Crippen LogP contribution in [-0.2, 0) is 0 Å². The molecule has 1 aromatic rings. The quantitative estimate of drug-likeness (QED) is 0.709. The van der Waals surface area contributed by atoms with Crippen molar-refractivity contribution in [3.63, 3.8) is 0 Å². The van der Waals surface area contributed by atoms with Gasteiger partial charge in [0.25, 0.3) is 0 Å². The fourth-order valence-electron chi connectivity index (χ4n) is 3.55. The maximum absolute atomic E-state index is 13.1. The zero-order valence-electron chi connectivity index (χ0n) is 13.7. The van der Waals surface area contributed by atoms with Gasteiger partial charge in [-0.1, -0.05) is 52.2 Å². The summed E-state index contributed by atoms with van der Waals surface area (Å²) in [7, 11) is 0. The molecule has 2 rings (SSSR count). The molecule has 1 aliphatic carbocycles. The van der Waals surface area contributed by atoms with Gasteiger partial charge in [-0.25, -0.2) is 4.39 Å². The highest BCUT2D eigenvalue weighted by Gasteiger charge is 2.23. The molecule has 1 saturated carbocycles. The van der Waals surface area contributed by atoms with Crippen LogP contribution >= 0.6 is 0 Å². The molecular weight excluding hydrogens is 261 g/mol. The van der Waals surface area contributed by atoms with E-state index in [1.165, 1.54) is 44.1 Å². The lowest BCUT2D eigenvalue weighted by Gasteiger charge is -2.28. The largest absolute Gasteiger partial charge is 0.307 e. The summed E-state index contributed by atoms with van der Waals surface area (Å²) in [5.41, 5.74) is 1.21. The zero-order chi connectivity index (χ0) is 15.2. The summed E-state index contributed by atoms with van der Waals surface area (Å²) in [4.78, 5) is 0. The van der Waals surface area contributed by atoms with Crippen molar-refractivity contribution < 1.29 is 4.39 Å². The maximum Gasteiger partial charge on any atom is 0.123 e. The number of hydrogen-bond acceptors (Lipinski definition) is 1. The van der Waals surface area contributed by atoms with Crippen molar-refractivity contribution in [2.45, 2.75) is 71.4 Å². The molecule has 1 N–H and O–H groups in total. The molecule has 3 atom stereocenters. The average Bonchev–Trinajstić information content (AvgIpc) is 2.70. The smallest absolute Gasteiger partial charge is 0.123 e. The van der Waals surface area contributed by atoms with Gasteiger partial charge in [-0.05, 0) is 48.8 Å². The van der Waals surface area contributed by atoms with Gasteiger partial charge in [0.2, 0.25) is 0 Å². The van der Waals surface area contributed by atoms with E-state index in [2.05, 4.69) is 26.1 Å². The highest BCUT2D eigenvalue weighted by molar-refractivity contribution is 5.20. The van der Waals surface area contributed by atoms with E-state index in [0.717, 1.165) is 5.92 Å². The normalized spacial score (nSPS) is 24.8. The molecule has 1 nitrogen and oxygen atoms in total. The van der Waals surface area contributed by atoms with Crippen LogP contribution in [0.2, 0.25) is 0 Å². The van der Waals surface area contributed by atoms with Crippen LogP contribution in [0.5, 0.6) is 0 Å². The summed E-state index contributed by atoms with van der Waals surface area (Å²) in [5.74, 6) is 1.28. The molecule has 1 aliphatic rings. The van der Waals surface area contributed by atoms with Crippen LogP contribution in [0.1, 0.15) is 70.9 Å². The first kappa shape index (κ1) is 16.5. The Morgan fingerprint density at radius 3 is 2.43 bits per heavy atom. The predicted molar refractivity (Wildman–Crippen MR) is 87.8 cm³/mol. The number of rotatable bonds is 5. The summed E-state index contributed by atoms with van der Waals surface area (Å²) in [6.45, 7) is 6.80. The van der Waals surface area contributed by atoms with Gasteiger partial charge in [-0.15, -0.1) is 0 Å². The number of halogens is 1. The molecule has 2 heteroatoms. The van der Waals surface area contributed by atoms with Crippen LogP contribution in [0.15, 0.2) is 24.3 Å². The number of nitrogens with one attached hydrogen (secondary N) is 1. The molecule has 3 unspecified atom stereocenters. The lowest BCUT2D eigenvalue weighted by Crippen LogP contribution is -2.35. The van der Waals surface area contributed by atoms with E-state index in [4.69, 9.17) is 0 Å². The third-order valence-electron chi connectivity index (χ3n) is 4.98. The molecule has 0 radical (unpaired) electrons. The van der Waals surface area contributed by atoms with E-state index in [9.17, 15) is 4.39 Å². The van der Waals surface area contributed by atoms with E-state index in [-0.39, 0.29) is 5.82 Å². The van der Waals surface area contributed by atoms with E-state index >= 15 is 0 Å². The van der Waals surface area contributed by atoms with Crippen molar-refractivity contribution in [1.29, 1.82) is 0 Å². The molecule has 1 fully saturated rings. The molecule has 21 heavy (non-hydrogen) atoms. The van der Waals surface area contributed by atoms with Gasteiger partial charge in [-0.2, -0.15) is 0 Å². The van der Waals surface area contributed by atoms with Gasteiger partial charge in [0.15, 0.2) is 0 Å².